The monoisotopic (exact) mass is 456 g/mol. The zero-order valence-electron chi connectivity index (χ0n) is 20.8. The Hall–Kier alpha value is -2.87. The number of aryl methyl sites for hydroxylation is 2. The molecule has 1 unspecified atom stereocenters. The number of rotatable bonds is 9. The number of aliphatic hydroxyl groups is 1. The summed E-state index contributed by atoms with van der Waals surface area (Å²) in [6.45, 7) is 14.9. The fourth-order valence-corrected chi connectivity index (χ4v) is 4.05. The third-order valence-corrected chi connectivity index (χ3v) is 5.78. The van der Waals surface area contributed by atoms with E-state index in [-0.39, 0.29) is 19.1 Å². The molecule has 2 heterocycles. The second kappa shape index (κ2) is 9.95. The molecule has 0 amide bonds. The van der Waals surface area contributed by atoms with Crippen LogP contribution in [-0.2, 0) is 19.6 Å². The summed E-state index contributed by atoms with van der Waals surface area (Å²) in [7, 11) is 0. The quantitative estimate of drug-likeness (QED) is 0.534. The van der Waals surface area contributed by atoms with Crippen molar-refractivity contribution in [2.75, 3.05) is 6.61 Å². The van der Waals surface area contributed by atoms with Crippen molar-refractivity contribution in [1.29, 1.82) is 0 Å². The van der Waals surface area contributed by atoms with E-state index in [0.717, 1.165) is 27.0 Å². The summed E-state index contributed by atoms with van der Waals surface area (Å²) in [6, 6.07) is 4.00. The highest BCUT2D eigenvalue weighted by molar-refractivity contribution is 5.70. The van der Waals surface area contributed by atoms with E-state index in [4.69, 9.17) is 4.74 Å². The van der Waals surface area contributed by atoms with E-state index in [1.807, 2.05) is 46.8 Å². The molecule has 0 saturated carbocycles. The van der Waals surface area contributed by atoms with Gasteiger partial charge >= 0.3 is 5.69 Å². The van der Waals surface area contributed by atoms with Crippen molar-refractivity contribution in [1.82, 2.24) is 18.7 Å². The minimum Gasteiger partial charge on any atom is -0.490 e. The Morgan fingerprint density at radius 2 is 1.58 bits per heavy atom. The Morgan fingerprint density at radius 3 is 2.21 bits per heavy atom. The average molecular weight is 457 g/mol. The molecular formula is C25H36N4O4. The summed E-state index contributed by atoms with van der Waals surface area (Å²) in [5.41, 5.74) is 2.98. The normalized spacial score (nSPS) is 12.8. The number of benzene rings is 1. The minimum absolute atomic E-state index is 0.0233. The lowest BCUT2D eigenvalue weighted by Crippen LogP contribution is -2.44. The van der Waals surface area contributed by atoms with Gasteiger partial charge in [-0.1, -0.05) is 39.8 Å². The lowest BCUT2D eigenvalue weighted by atomic mass is 10.1. The van der Waals surface area contributed by atoms with Crippen LogP contribution in [0.3, 0.4) is 0 Å². The maximum Gasteiger partial charge on any atom is 0.332 e. The lowest BCUT2D eigenvalue weighted by Gasteiger charge is -2.19. The number of nitrogens with zero attached hydrogens (tertiary/aromatic N) is 4. The third-order valence-electron chi connectivity index (χ3n) is 5.78. The van der Waals surface area contributed by atoms with Crippen LogP contribution in [0.5, 0.6) is 5.75 Å². The van der Waals surface area contributed by atoms with Crippen LogP contribution in [0.4, 0.5) is 0 Å². The van der Waals surface area contributed by atoms with Gasteiger partial charge in [-0.25, -0.2) is 9.78 Å². The second-order valence-electron chi connectivity index (χ2n) is 9.78. The van der Waals surface area contributed by atoms with Gasteiger partial charge in [0.05, 0.1) is 12.9 Å². The van der Waals surface area contributed by atoms with Crippen molar-refractivity contribution >= 4 is 11.2 Å². The summed E-state index contributed by atoms with van der Waals surface area (Å²) in [5, 5.41) is 10.7. The SMILES string of the molecule is Cc1ccc(C)c(OCC(O)Cn2c(=O)c3c(ncn3CC(C)C)n(CC(C)C)c2=O)c1C. The van der Waals surface area contributed by atoms with E-state index in [0.29, 0.717) is 30.2 Å². The van der Waals surface area contributed by atoms with Crippen molar-refractivity contribution < 1.29 is 9.84 Å². The van der Waals surface area contributed by atoms with Crippen molar-refractivity contribution in [3.8, 4) is 5.75 Å². The molecule has 0 aliphatic rings. The molecule has 0 radical (unpaired) electrons. The fourth-order valence-electron chi connectivity index (χ4n) is 4.05. The Balaban J connectivity index is 1.97. The van der Waals surface area contributed by atoms with E-state index < -0.39 is 17.4 Å². The average Bonchev–Trinajstić information content (AvgIpc) is 3.14. The molecule has 0 aliphatic heterocycles. The van der Waals surface area contributed by atoms with Gasteiger partial charge in [0.2, 0.25) is 0 Å². The van der Waals surface area contributed by atoms with Gasteiger partial charge in [0.1, 0.15) is 18.5 Å². The van der Waals surface area contributed by atoms with Gasteiger partial charge in [0.15, 0.2) is 11.2 Å². The van der Waals surface area contributed by atoms with E-state index >= 15 is 0 Å². The molecule has 180 valence electrons. The number of fused-ring (bicyclic) bond motifs is 1. The second-order valence-corrected chi connectivity index (χ2v) is 9.78. The van der Waals surface area contributed by atoms with Crippen LogP contribution in [0.1, 0.15) is 44.4 Å². The number of hydrogen-bond acceptors (Lipinski definition) is 5. The number of hydrogen-bond donors (Lipinski definition) is 1. The van der Waals surface area contributed by atoms with Crippen LogP contribution in [0, 0.1) is 32.6 Å². The first-order valence-electron chi connectivity index (χ1n) is 11.6. The fraction of sp³-hybridized carbons (Fsp3) is 0.560. The molecule has 0 saturated heterocycles. The summed E-state index contributed by atoms with van der Waals surface area (Å²) in [5.74, 6) is 1.22. The number of imidazole rings is 1. The summed E-state index contributed by atoms with van der Waals surface area (Å²) >= 11 is 0. The van der Waals surface area contributed by atoms with Gasteiger partial charge in [0.25, 0.3) is 5.56 Å². The van der Waals surface area contributed by atoms with Crippen molar-refractivity contribution in [2.24, 2.45) is 11.8 Å². The molecular weight excluding hydrogens is 420 g/mol. The van der Waals surface area contributed by atoms with Crippen LogP contribution >= 0.6 is 0 Å². The first kappa shape index (κ1) is 24.8. The standard InChI is InChI=1S/C25H36N4O4/c1-15(2)10-27-14-26-23-21(27)24(31)29(25(32)28(23)11-16(3)4)12-20(30)13-33-22-18(6)9-8-17(5)19(22)7/h8-9,14-16,20,30H,10-13H2,1-7H3. The molecule has 1 aromatic carbocycles. The molecule has 0 spiro atoms. The molecule has 33 heavy (non-hydrogen) atoms. The Kier molecular flexibility index (Phi) is 7.47. The predicted octanol–water partition coefficient (Wildman–Crippen LogP) is 3.04. The summed E-state index contributed by atoms with van der Waals surface area (Å²) in [6.07, 6.45) is 0.594. The zero-order valence-corrected chi connectivity index (χ0v) is 20.8. The highest BCUT2D eigenvalue weighted by atomic mass is 16.5. The predicted molar refractivity (Wildman–Crippen MR) is 130 cm³/mol. The lowest BCUT2D eigenvalue weighted by molar-refractivity contribution is 0.0894. The topological polar surface area (TPSA) is 91.3 Å². The zero-order chi connectivity index (χ0) is 24.4. The minimum atomic E-state index is -1.03. The van der Waals surface area contributed by atoms with E-state index in [1.165, 1.54) is 0 Å². The van der Waals surface area contributed by atoms with E-state index in [2.05, 4.69) is 18.8 Å². The van der Waals surface area contributed by atoms with Gasteiger partial charge in [-0.05, 0) is 49.3 Å². The molecule has 0 aliphatic carbocycles. The number of ether oxygens (including phenoxy) is 1. The van der Waals surface area contributed by atoms with Crippen molar-refractivity contribution in [2.45, 2.75) is 74.2 Å². The molecule has 8 heteroatoms. The molecule has 1 atom stereocenters. The Labute approximate surface area is 194 Å². The Morgan fingerprint density at radius 1 is 0.939 bits per heavy atom. The molecule has 3 aromatic rings. The van der Waals surface area contributed by atoms with Crippen LogP contribution in [0.2, 0.25) is 0 Å². The third kappa shape index (κ3) is 5.21. The summed E-state index contributed by atoms with van der Waals surface area (Å²) < 4.78 is 10.4. The number of aromatic nitrogens is 4. The summed E-state index contributed by atoms with van der Waals surface area (Å²) in [4.78, 5) is 31.0. The first-order chi connectivity index (χ1) is 15.5. The van der Waals surface area contributed by atoms with E-state index in [1.54, 1.807) is 15.5 Å². The molecule has 1 N–H and O–H groups in total. The van der Waals surface area contributed by atoms with Crippen LogP contribution < -0.4 is 16.0 Å². The van der Waals surface area contributed by atoms with Gasteiger partial charge in [-0.3, -0.25) is 13.9 Å². The molecule has 0 bridgehead atoms. The highest BCUT2D eigenvalue weighted by Crippen LogP contribution is 2.25. The largest absolute Gasteiger partial charge is 0.490 e. The van der Waals surface area contributed by atoms with Gasteiger partial charge < -0.3 is 14.4 Å². The van der Waals surface area contributed by atoms with Crippen molar-refractivity contribution in [3.63, 3.8) is 0 Å². The smallest absolute Gasteiger partial charge is 0.332 e. The first-order valence-corrected chi connectivity index (χ1v) is 11.6. The highest BCUT2D eigenvalue weighted by Gasteiger charge is 2.21. The van der Waals surface area contributed by atoms with E-state index in [9.17, 15) is 14.7 Å². The van der Waals surface area contributed by atoms with Gasteiger partial charge in [0, 0.05) is 13.1 Å². The van der Waals surface area contributed by atoms with Crippen LogP contribution in [0.25, 0.3) is 11.2 Å². The van der Waals surface area contributed by atoms with Gasteiger partial charge in [-0.2, -0.15) is 0 Å². The molecule has 0 fully saturated rings. The van der Waals surface area contributed by atoms with Crippen molar-refractivity contribution in [3.05, 3.63) is 56.0 Å². The number of aliphatic hydroxyl groups excluding tert-OH is 1. The Bertz CT molecular complexity index is 1250. The molecule has 8 nitrogen and oxygen atoms in total. The van der Waals surface area contributed by atoms with Gasteiger partial charge in [-0.15, -0.1) is 0 Å². The van der Waals surface area contributed by atoms with Crippen LogP contribution in [-0.4, -0.2) is 36.5 Å². The van der Waals surface area contributed by atoms with Crippen LogP contribution in [0.15, 0.2) is 28.0 Å². The maximum atomic E-state index is 13.4. The molecule has 2 aromatic heterocycles. The molecule has 3 rings (SSSR count). The maximum absolute atomic E-state index is 13.4.